The number of nitrogens with zero attached hydrogens (tertiary/aromatic N) is 1. The SMILES string of the molecule is Cc1cc(O)ccc1-c1nc2c(C)cc(O)cc2o1. The molecule has 3 rings (SSSR count). The van der Waals surface area contributed by atoms with Crippen LogP contribution in [0.2, 0.25) is 0 Å². The van der Waals surface area contributed by atoms with Gasteiger partial charge in [0.25, 0.3) is 0 Å². The maximum Gasteiger partial charge on any atom is 0.227 e. The van der Waals surface area contributed by atoms with Crippen molar-refractivity contribution in [3.63, 3.8) is 0 Å². The molecule has 96 valence electrons. The molecule has 0 saturated heterocycles. The molecule has 2 N–H and O–H groups in total. The molecule has 0 spiro atoms. The van der Waals surface area contributed by atoms with E-state index in [0.717, 1.165) is 22.2 Å². The van der Waals surface area contributed by atoms with Crippen molar-refractivity contribution in [2.45, 2.75) is 13.8 Å². The molecular formula is C15H13NO3. The lowest BCUT2D eigenvalue weighted by Crippen LogP contribution is -1.83. The van der Waals surface area contributed by atoms with Gasteiger partial charge in [0.1, 0.15) is 17.0 Å². The summed E-state index contributed by atoms with van der Waals surface area (Å²) in [5, 5.41) is 19.0. The molecule has 3 aromatic rings. The first-order valence-corrected chi connectivity index (χ1v) is 5.95. The van der Waals surface area contributed by atoms with E-state index in [0.29, 0.717) is 11.5 Å². The number of oxazole rings is 1. The third-order valence-electron chi connectivity index (χ3n) is 3.11. The van der Waals surface area contributed by atoms with Crippen molar-refractivity contribution < 1.29 is 14.6 Å². The van der Waals surface area contributed by atoms with Crippen LogP contribution in [-0.2, 0) is 0 Å². The summed E-state index contributed by atoms with van der Waals surface area (Å²) < 4.78 is 5.68. The van der Waals surface area contributed by atoms with Gasteiger partial charge in [-0.05, 0) is 49.2 Å². The van der Waals surface area contributed by atoms with Crippen LogP contribution in [0.5, 0.6) is 11.5 Å². The molecular weight excluding hydrogens is 242 g/mol. The number of benzene rings is 2. The van der Waals surface area contributed by atoms with E-state index in [1.165, 1.54) is 0 Å². The van der Waals surface area contributed by atoms with Crippen LogP contribution in [0, 0.1) is 13.8 Å². The van der Waals surface area contributed by atoms with Crippen LogP contribution in [0.4, 0.5) is 0 Å². The average molecular weight is 255 g/mol. The van der Waals surface area contributed by atoms with Crippen molar-refractivity contribution in [2.75, 3.05) is 0 Å². The van der Waals surface area contributed by atoms with Gasteiger partial charge in [0.15, 0.2) is 5.58 Å². The third-order valence-corrected chi connectivity index (χ3v) is 3.11. The molecule has 0 aliphatic carbocycles. The predicted octanol–water partition coefficient (Wildman–Crippen LogP) is 3.52. The molecule has 0 atom stereocenters. The molecule has 1 heterocycles. The van der Waals surface area contributed by atoms with E-state index in [4.69, 9.17) is 4.42 Å². The first-order chi connectivity index (χ1) is 9.04. The van der Waals surface area contributed by atoms with Crippen LogP contribution in [-0.4, -0.2) is 15.2 Å². The van der Waals surface area contributed by atoms with Crippen LogP contribution < -0.4 is 0 Å². The summed E-state index contributed by atoms with van der Waals surface area (Å²) in [5.41, 5.74) is 3.86. The summed E-state index contributed by atoms with van der Waals surface area (Å²) >= 11 is 0. The summed E-state index contributed by atoms with van der Waals surface area (Å²) in [6.07, 6.45) is 0. The van der Waals surface area contributed by atoms with Crippen molar-refractivity contribution in [3.8, 4) is 23.0 Å². The number of hydrogen-bond acceptors (Lipinski definition) is 4. The Hall–Kier alpha value is -2.49. The van der Waals surface area contributed by atoms with Gasteiger partial charge in [-0.3, -0.25) is 0 Å². The van der Waals surface area contributed by atoms with Crippen molar-refractivity contribution in [1.82, 2.24) is 4.98 Å². The molecule has 0 aliphatic rings. The Balaban J connectivity index is 2.23. The quantitative estimate of drug-likeness (QED) is 0.698. The lowest BCUT2D eigenvalue weighted by Gasteiger charge is -2.01. The van der Waals surface area contributed by atoms with Crippen LogP contribution in [0.3, 0.4) is 0 Å². The van der Waals surface area contributed by atoms with Gasteiger partial charge in [-0.2, -0.15) is 0 Å². The number of aromatic nitrogens is 1. The second-order valence-electron chi connectivity index (χ2n) is 4.63. The van der Waals surface area contributed by atoms with E-state index < -0.39 is 0 Å². The van der Waals surface area contributed by atoms with Crippen molar-refractivity contribution >= 4 is 11.1 Å². The van der Waals surface area contributed by atoms with Gasteiger partial charge in [-0.15, -0.1) is 0 Å². The number of rotatable bonds is 1. The Kier molecular flexibility index (Phi) is 2.45. The molecule has 0 unspecified atom stereocenters. The third kappa shape index (κ3) is 1.91. The number of phenols is 2. The van der Waals surface area contributed by atoms with Gasteiger partial charge in [0, 0.05) is 11.6 Å². The standard InChI is InChI=1S/C15H13NO3/c1-8-5-10(17)3-4-12(8)15-16-14-9(2)6-11(18)7-13(14)19-15/h3-7,17-18H,1-2H3. The first-order valence-electron chi connectivity index (χ1n) is 5.95. The monoisotopic (exact) mass is 255 g/mol. The zero-order valence-corrected chi connectivity index (χ0v) is 10.6. The summed E-state index contributed by atoms with van der Waals surface area (Å²) in [6, 6.07) is 8.23. The Morgan fingerprint density at radius 2 is 1.68 bits per heavy atom. The molecule has 4 heteroatoms. The minimum atomic E-state index is 0.162. The molecule has 19 heavy (non-hydrogen) atoms. The van der Waals surface area contributed by atoms with Crippen LogP contribution in [0.25, 0.3) is 22.6 Å². The Bertz CT molecular complexity index is 774. The van der Waals surface area contributed by atoms with Crippen LogP contribution in [0.15, 0.2) is 34.7 Å². The van der Waals surface area contributed by atoms with Crippen molar-refractivity contribution in [1.29, 1.82) is 0 Å². The highest BCUT2D eigenvalue weighted by molar-refractivity contribution is 5.81. The van der Waals surface area contributed by atoms with Gasteiger partial charge in [-0.1, -0.05) is 0 Å². The fraction of sp³-hybridized carbons (Fsp3) is 0.133. The van der Waals surface area contributed by atoms with E-state index in [-0.39, 0.29) is 11.5 Å². The molecule has 4 nitrogen and oxygen atoms in total. The zero-order chi connectivity index (χ0) is 13.6. The fourth-order valence-electron chi connectivity index (χ4n) is 2.18. The van der Waals surface area contributed by atoms with E-state index in [1.807, 2.05) is 13.8 Å². The van der Waals surface area contributed by atoms with E-state index >= 15 is 0 Å². The Morgan fingerprint density at radius 3 is 2.42 bits per heavy atom. The summed E-state index contributed by atoms with van der Waals surface area (Å²) in [6.45, 7) is 3.76. The van der Waals surface area contributed by atoms with Crippen LogP contribution >= 0.6 is 0 Å². The smallest absolute Gasteiger partial charge is 0.227 e. The van der Waals surface area contributed by atoms with Gasteiger partial charge >= 0.3 is 0 Å². The topological polar surface area (TPSA) is 66.5 Å². The molecule has 0 bridgehead atoms. The predicted molar refractivity (Wildman–Crippen MR) is 72.2 cm³/mol. The van der Waals surface area contributed by atoms with Gasteiger partial charge in [0.2, 0.25) is 5.89 Å². The number of phenolic OH excluding ortho intramolecular Hbond substituents is 2. The van der Waals surface area contributed by atoms with Crippen molar-refractivity contribution in [2.24, 2.45) is 0 Å². The number of hydrogen-bond donors (Lipinski definition) is 2. The van der Waals surface area contributed by atoms with Crippen molar-refractivity contribution in [3.05, 3.63) is 41.5 Å². The highest BCUT2D eigenvalue weighted by Crippen LogP contribution is 2.31. The highest BCUT2D eigenvalue weighted by Gasteiger charge is 2.13. The number of aryl methyl sites for hydroxylation is 2. The minimum Gasteiger partial charge on any atom is -0.508 e. The van der Waals surface area contributed by atoms with E-state index in [2.05, 4.69) is 4.98 Å². The molecule has 0 aliphatic heterocycles. The highest BCUT2D eigenvalue weighted by atomic mass is 16.3. The van der Waals surface area contributed by atoms with E-state index in [1.54, 1.807) is 30.3 Å². The number of fused-ring (bicyclic) bond motifs is 1. The van der Waals surface area contributed by atoms with Gasteiger partial charge in [-0.25, -0.2) is 4.98 Å². The molecule has 0 saturated carbocycles. The normalized spacial score (nSPS) is 11.1. The van der Waals surface area contributed by atoms with Gasteiger partial charge < -0.3 is 14.6 Å². The lowest BCUT2D eigenvalue weighted by molar-refractivity contribution is 0.474. The maximum atomic E-state index is 9.56. The summed E-state index contributed by atoms with van der Waals surface area (Å²) in [4.78, 5) is 4.45. The van der Waals surface area contributed by atoms with Gasteiger partial charge in [0.05, 0.1) is 0 Å². The second-order valence-corrected chi connectivity index (χ2v) is 4.63. The molecule has 0 radical (unpaired) electrons. The Morgan fingerprint density at radius 1 is 0.947 bits per heavy atom. The fourth-order valence-corrected chi connectivity index (χ4v) is 2.18. The molecule has 0 fully saturated rings. The summed E-state index contributed by atoms with van der Waals surface area (Å²) in [7, 11) is 0. The molecule has 0 amide bonds. The first kappa shape index (κ1) is 11.6. The van der Waals surface area contributed by atoms with Crippen LogP contribution in [0.1, 0.15) is 11.1 Å². The number of aromatic hydroxyl groups is 2. The Labute approximate surface area is 110 Å². The lowest BCUT2D eigenvalue weighted by atomic mass is 10.1. The maximum absolute atomic E-state index is 9.56. The summed E-state index contributed by atoms with van der Waals surface area (Å²) in [5.74, 6) is 0.863. The molecule has 1 aromatic heterocycles. The largest absolute Gasteiger partial charge is 0.508 e. The zero-order valence-electron chi connectivity index (χ0n) is 10.6. The average Bonchev–Trinajstić information content (AvgIpc) is 2.72. The van der Waals surface area contributed by atoms with E-state index in [9.17, 15) is 10.2 Å². The molecule has 2 aromatic carbocycles. The second kappa shape index (κ2) is 4.02. The minimum absolute atomic E-state index is 0.162.